The first-order chi connectivity index (χ1) is 15.0. The standard InChI is InChI=1S/C21H24N6O3S/c1-13-6-4-5-7-15(13)24-21-26-18(25-20(22)27-21)11-31-12-19(28)23-16-10-14(29-2)8-9-17(16)30-3/h4-10H,11-12H2,1-3H3,(H,23,28)(H3,22,24,25,26,27). The van der Waals surface area contributed by atoms with Crippen LogP contribution >= 0.6 is 11.8 Å². The molecular weight excluding hydrogens is 416 g/mol. The quantitative estimate of drug-likeness (QED) is 0.459. The summed E-state index contributed by atoms with van der Waals surface area (Å²) in [5.74, 6) is 2.56. The zero-order chi connectivity index (χ0) is 22.2. The molecule has 0 radical (unpaired) electrons. The Hall–Kier alpha value is -3.53. The van der Waals surface area contributed by atoms with Gasteiger partial charge in [0.15, 0.2) is 0 Å². The fourth-order valence-corrected chi connectivity index (χ4v) is 3.40. The maximum atomic E-state index is 12.4. The van der Waals surface area contributed by atoms with Crippen LogP contribution in [-0.2, 0) is 10.5 Å². The number of aryl methyl sites for hydroxylation is 1. The van der Waals surface area contributed by atoms with E-state index in [4.69, 9.17) is 15.2 Å². The van der Waals surface area contributed by atoms with Gasteiger partial charge in [-0.15, -0.1) is 11.8 Å². The first-order valence-corrected chi connectivity index (χ1v) is 10.6. The summed E-state index contributed by atoms with van der Waals surface area (Å²) in [5, 5.41) is 5.98. The number of nitrogens with one attached hydrogen (secondary N) is 2. The molecule has 1 heterocycles. The number of hydrogen-bond donors (Lipinski definition) is 3. The number of thioether (sulfide) groups is 1. The van der Waals surface area contributed by atoms with E-state index in [0.717, 1.165) is 11.3 Å². The molecule has 3 aromatic rings. The molecule has 0 spiro atoms. The Labute approximate surface area is 184 Å². The van der Waals surface area contributed by atoms with Gasteiger partial charge in [-0.3, -0.25) is 4.79 Å². The lowest BCUT2D eigenvalue weighted by molar-refractivity contribution is -0.113. The highest BCUT2D eigenvalue weighted by molar-refractivity contribution is 7.99. The smallest absolute Gasteiger partial charge is 0.234 e. The lowest BCUT2D eigenvalue weighted by Crippen LogP contribution is -2.15. The fraction of sp³-hybridized carbons (Fsp3) is 0.238. The summed E-state index contributed by atoms with van der Waals surface area (Å²) in [7, 11) is 3.10. The van der Waals surface area contributed by atoms with Crippen molar-refractivity contribution < 1.29 is 14.3 Å². The molecule has 162 valence electrons. The highest BCUT2D eigenvalue weighted by Gasteiger charge is 2.11. The number of rotatable bonds is 9. The van der Waals surface area contributed by atoms with E-state index in [1.807, 2.05) is 31.2 Å². The molecule has 0 bridgehead atoms. The topological polar surface area (TPSA) is 124 Å². The molecule has 2 aromatic carbocycles. The van der Waals surface area contributed by atoms with Crippen LogP contribution in [0.15, 0.2) is 42.5 Å². The Morgan fingerprint density at radius 3 is 2.61 bits per heavy atom. The van der Waals surface area contributed by atoms with Crippen LogP contribution < -0.4 is 25.8 Å². The van der Waals surface area contributed by atoms with Gasteiger partial charge in [-0.1, -0.05) is 18.2 Å². The minimum Gasteiger partial charge on any atom is -0.497 e. The zero-order valence-electron chi connectivity index (χ0n) is 17.5. The third-order valence-electron chi connectivity index (χ3n) is 4.24. The van der Waals surface area contributed by atoms with E-state index < -0.39 is 0 Å². The molecule has 0 unspecified atom stereocenters. The second kappa shape index (κ2) is 10.5. The fourth-order valence-electron chi connectivity index (χ4n) is 2.73. The highest BCUT2D eigenvalue weighted by Crippen LogP contribution is 2.29. The molecule has 9 nitrogen and oxygen atoms in total. The van der Waals surface area contributed by atoms with E-state index in [0.29, 0.717) is 34.7 Å². The van der Waals surface area contributed by atoms with Crippen LogP contribution in [0.5, 0.6) is 11.5 Å². The van der Waals surface area contributed by atoms with Gasteiger partial charge in [0.05, 0.1) is 31.4 Å². The second-order valence-electron chi connectivity index (χ2n) is 6.48. The number of anilines is 4. The van der Waals surface area contributed by atoms with Gasteiger partial charge >= 0.3 is 0 Å². The molecule has 0 saturated carbocycles. The van der Waals surface area contributed by atoms with Crippen molar-refractivity contribution in [2.75, 3.05) is 36.3 Å². The molecular formula is C21H24N6O3S. The van der Waals surface area contributed by atoms with E-state index >= 15 is 0 Å². The molecule has 1 aromatic heterocycles. The van der Waals surface area contributed by atoms with Gasteiger partial charge in [-0.25, -0.2) is 0 Å². The lowest BCUT2D eigenvalue weighted by Gasteiger charge is -2.12. The number of carbonyl (C=O) groups excluding carboxylic acids is 1. The molecule has 3 rings (SSSR count). The molecule has 0 fully saturated rings. The van der Waals surface area contributed by atoms with Gasteiger partial charge in [-0.2, -0.15) is 15.0 Å². The van der Waals surface area contributed by atoms with Crippen molar-refractivity contribution in [3.05, 3.63) is 53.9 Å². The Bertz CT molecular complexity index is 1060. The zero-order valence-corrected chi connectivity index (χ0v) is 18.3. The van der Waals surface area contributed by atoms with Crippen LogP contribution in [-0.4, -0.2) is 40.8 Å². The minimum absolute atomic E-state index is 0.118. The Morgan fingerprint density at radius 2 is 1.87 bits per heavy atom. The molecule has 0 atom stereocenters. The summed E-state index contributed by atoms with van der Waals surface area (Å²) in [6, 6.07) is 13.0. The molecule has 31 heavy (non-hydrogen) atoms. The first kappa shape index (κ1) is 22.2. The Morgan fingerprint density at radius 1 is 1.06 bits per heavy atom. The van der Waals surface area contributed by atoms with Gasteiger partial charge < -0.3 is 25.8 Å². The monoisotopic (exact) mass is 440 g/mol. The predicted molar refractivity (Wildman–Crippen MR) is 123 cm³/mol. The number of para-hydroxylation sites is 1. The third kappa shape index (κ3) is 6.22. The van der Waals surface area contributed by atoms with E-state index in [2.05, 4.69) is 25.6 Å². The van der Waals surface area contributed by atoms with Crippen LogP contribution in [0.4, 0.5) is 23.3 Å². The number of nitrogens with two attached hydrogens (primary N) is 1. The van der Waals surface area contributed by atoms with E-state index in [1.54, 1.807) is 32.4 Å². The number of benzene rings is 2. The number of hydrogen-bond acceptors (Lipinski definition) is 9. The minimum atomic E-state index is -0.183. The van der Waals surface area contributed by atoms with Crippen molar-refractivity contribution in [1.82, 2.24) is 15.0 Å². The molecule has 4 N–H and O–H groups in total. The van der Waals surface area contributed by atoms with Crippen LogP contribution in [0.3, 0.4) is 0 Å². The van der Waals surface area contributed by atoms with Crippen LogP contribution in [0, 0.1) is 6.92 Å². The average Bonchev–Trinajstić information content (AvgIpc) is 2.75. The van der Waals surface area contributed by atoms with Gasteiger partial charge in [0.2, 0.25) is 17.8 Å². The summed E-state index contributed by atoms with van der Waals surface area (Å²) in [4.78, 5) is 25.1. The van der Waals surface area contributed by atoms with Gasteiger partial charge in [0.1, 0.15) is 17.3 Å². The Balaban J connectivity index is 1.59. The van der Waals surface area contributed by atoms with Crippen molar-refractivity contribution in [2.24, 2.45) is 0 Å². The van der Waals surface area contributed by atoms with Gasteiger partial charge in [0, 0.05) is 11.8 Å². The van der Waals surface area contributed by atoms with Crippen molar-refractivity contribution in [3.8, 4) is 11.5 Å². The average molecular weight is 441 g/mol. The number of nitrogen functional groups attached to an aromatic ring is 1. The number of ether oxygens (including phenoxy) is 2. The summed E-state index contributed by atoms with van der Waals surface area (Å²) in [5.41, 5.74) is 8.32. The van der Waals surface area contributed by atoms with Gasteiger partial charge in [-0.05, 0) is 30.7 Å². The largest absolute Gasteiger partial charge is 0.497 e. The van der Waals surface area contributed by atoms with E-state index in [1.165, 1.54) is 11.8 Å². The third-order valence-corrected chi connectivity index (χ3v) is 5.16. The number of aromatic nitrogens is 3. The highest BCUT2D eigenvalue weighted by atomic mass is 32.2. The summed E-state index contributed by atoms with van der Waals surface area (Å²) < 4.78 is 10.5. The molecule has 0 aliphatic rings. The summed E-state index contributed by atoms with van der Waals surface area (Å²) in [6.07, 6.45) is 0. The molecule has 0 saturated heterocycles. The maximum Gasteiger partial charge on any atom is 0.234 e. The number of amides is 1. The maximum absolute atomic E-state index is 12.4. The number of carbonyl (C=O) groups is 1. The van der Waals surface area contributed by atoms with Crippen molar-refractivity contribution >= 4 is 40.9 Å². The van der Waals surface area contributed by atoms with Crippen molar-refractivity contribution in [1.29, 1.82) is 0 Å². The second-order valence-corrected chi connectivity index (χ2v) is 7.47. The normalized spacial score (nSPS) is 10.4. The van der Waals surface area contributed by atoms with Crippen LogP contribution in [0.1, 0.15) is 11.4 Å². The summed E-state index contributed by atoms with van der Waals surface area (Å²) >= 11 is 1.36. The Kier molecular flexibility index (Phi) is 7.50. The number of nitrogens with zero attached hydrogens (tertiary/aromatic N) is 3. The predicted octanol–water partition coefficient (Wildman–Crippen LogP) is 3.39. The molecule has 1 amide bonds. The molecule has 10 heteroatoms. The van der Waals surface area contributed by atoms with Gasteiger partial charge in [0.25, 0.3) is 0 Å². The van der Waals surface area contributed by atoms with Crippen molar-refractivity contribution in [3.63, 3.8) is 0 Å². The van der Waals surface area contributed by atoms with Crippen LogP contribution in [0.2, 0.25) is 0 Å². The SMILES string of the molecule is COc1ccc(OC)c(NC(=O)CSCc2nc(N)nc(Nc3ccccc3C)n2)c1. The summed E-state index contributed by atoms with van der Waals surface area (Å²) in [6.45, 7) is 1.99. The molecule has 0 aliphatic carbocycles. The first-order valence-electron chi connectivity index (χ1n) is 9.41. The van der Waals surface area contributed by atoms with E-state index in [-0.39, 0.29) is 17.6 Å². The van der Waals surface area contributed by atoms with Crippen LogP contribution in [0.25, 0.3) is 0 Å². The molecule has 0 aliphatic heterocycles. The number of methoxy groups -OCH3 is 2. The lowest BCUT2D eigenvalue weighted by atomic mass is 10.2. The van der Waals surface area contributed by atoms with E-state index in [9.17, 15) is 4.79 Å². The van der Waals surface area contributed by atoms with Crippen molar-refractivity contribution in [2.45, 2.75) is 12.7 Å².